The molecule has 0 saturated heterocycles. The molecule has 2 saturated carbocycles. The summed E-state index contributed by atoms with van der Waals surface area (Å²) < 4.78 is 4.84. The van der Waals surface area contributed by atoms with Gasteiger partial charge in [0.05, 0.1) is 0 Å². The van der Waals surface area contributed by atoms with Crippen molar-refractivity contribution in [3.8, 4) is 0 Å². The van der Waals surface area contributed by atoms with E-state index in [2.05, 4.69) is 0 Å². The average molecular weight is 161 g/mol. The van der Waals surface area contributed by atoms with Gasteiger partial charge in [-0.25, -0.2) is 4.79 Å². The number of fused-ring (bicyclic) bond motifs is 1. The van der Waals surface area contributed by atoms with Crippen LogP contribution in [0, 0.1) is 11.8 Å². The first-order valence-corrected chi connectivity index (χ1v) is 3.99. The van der Waals surface area contributed by atoms with Crippen LogP contribution in [0.5, 0.6) is 0 Å². The van der Waals surface area contributed by atoms with Gasteiger partial charge < -0.3 is 4.74 Å². The van der Waals surface area contributed by atoms with E-state index in [9.17, 15) is 4.79 Å². The molecular weight excluding hydrogens is 152 g/mol. The molecule has 2 aliphatic carbocycles. The van der Waals surface area contributed by atoms with E-state index in [1.165, 1.54) is 6.42 Å². The molecule has 0 amide bonds. The van der Waals surface area contributed by atoms with Crippen molar-refractivity contribution in [3.63, 3.8) is 0 Å². The Kier molecular flexibility index (Phi) is 1.37. The predicted molar refractivity (Wildman–Crippen MR) is 37.0 cm³/mol. The van der Waals surface area contributed by atoms with Crippen LogP contribution < -0.4 is 0 Å². The van der Waals surface area contributed by atoms with Crippen LogP contribution in [-0.2, 0) is 4.74 Å². The summed E-state index contributed by atoms with van der Waals surface area (Å²) in [7, 11) is 0. The summed E-state index contributed by atoms with van der Waals surface area (Å²) in [6.07, 6.45) is 3.57. The van der Waals surface area contributed by atoms with Crippen LogP contribution in [0.2, 0.25) is 0 Å². The Labute approximate surface area is 64.5 Å². The van der Waals surface area contributed by atoms with Crippen molar-refractivity contribution >= 4 is 17.0 Å². The molecule has 10 heavy (non-hydrogen) atoms. The second-order valence-corrected chi connectivity index (χ2v) is 3.51. The van der Waals surface area contributed by atoms with Gasteiger partial charge in [0.25, 0.3) is 0 Å². The van der Waals surface area contributed by atoms with Crippen molar-refractivity contribution in [3.05, 3.63) is 0 Å². The van der Waals surface area contributed by atoms with Gasteiger partial charge in [0.15, 0.2) is 0 Å². The zero-order chi connectivity index (χ0) is 7.14. The Bertz CT molecular complexity index is 159. The standard InChI is InChI=1S/C7H9ClO2/c8-7(9)10-6-2-4-1-5(4)3-6/h4-6H,1-3H2. The maximum absolute atomic E-state index is 10.3. The fourth-order valence-electron chi connectivity index (χ4n) is 1.89. The van der Waals surface area contributed by atoms with Gasteiger partial charge in [-0.3, -0.25) is 0 Å². The molecule has 2 unspecified atom stereocenters. The van der Waals surface area contributed by atoms with Gasteiger partial charge in [-0.15, -0.1) is 0 Å². The Morgan fingerprint density at radius 1 is 1.30 bits per heavy atom. The topological polar surface area (TPSA) is 26.3 Å². The first-order valence-electron chi connectivity index (χ1n) is 3.62. The van der Waals surface area contributed by atoms with E-state index >= 15 is 0 Å². The average Bonchev–Trinajstić information content (AvgIpc) is 2.39. The van der Waals surface area contributed by atoms with Crippen molar-refractivity contribution in [1.82, 2.24) is 0 Å². The van der Waals surface area contributed by atoms with Gasteiger partial charge in [0, 0.05) is 11.6 Å². The number of ether oxygens (including phenoxy) is 1. The fraction of sp³-hybridized carbons (Fsp3) is 0.857. The van der Waals surface area contributed by atoms with E-state index in [4.69, 9.17) is 16.3 Å². The molecule has 0 aromatic heterocycles. The molecule has 0 spiro atoms. The largest absolute Gasteiger partial charge is 0.450 e. The van der Waals surface area contributed by atoms with E-state index in [0.29, 0.717) is 0 Å². The highest BCUT2D eigenvalue weighted by Crippen LogP contribution is 2.52. The van der Waals surface area contributed by atoms with Crippen molar-refractivity contribution < 1.29 is 9.53 Å². The highest BCUT2D eigenvalue weighted by atomic mass is 35.5. The molecule has 0 aromatic rings. The molecule has 2 nitrogen and oxygen atoms in total. The minimum atomic E-state index is -0.647. The Balaban J connectivity index is 1.80. The van der Waals surface area contributed by atoms with E-state index < -0.39 is 5.43 Å². The fourth-order valence-corrected chi connectivity index (χ4v) is 2.01. The number of carbonyl (C=O) groups is 1. The summed E-state index contributed by atoms with van der Waals surface area (Å²) >= 11 is 5.06. The third-order valence-electron chi connectivity index (χ3n) is 2.46. The minimum Gasteiger partial charge on any atom is -0.450 e. The molecule has 0 bridgehead atoms. The molecule has 0 radical (unpaired) electrons. The van der Waals surface area contributed by atoms with E-state index in [1.807, 2.05) is 0 Å². The summed E-state index contributed by atoms with van der Waals surface area (Å²) in [5.74, 6) is 1.70. The van der Waals surface area contributed by atoms with Gasteiger partial charge in [-0.1, -0.05) is 0 Å². The first kappa shape index (κ1) is 6.47. The third kappa shape index (κ3) is 1.12. The Morgan fingerprint density at radius 3 is 2.40 bits per heavy atom. The minimum absolute atomic E-state index is 0.133. The van der Waals surface area contributed by atoms with Crippen LogP contribution in [0.25, 0.3) is 0 Å². The Morgan fingerprint density at radius 2 is 1.90 bits per heavy atom. The van der Waals surface area contributed by atoms with Crippen LogP contribution in [0.3, 0.4) is 0 Å². The molecule has 0 aromatic carbocycles. The summed E-state index contributed by atoms with van der Waals surface area (Å²) in [6, 6.07) is 0. The molecule has 0 N–H and O–H groups in total. The molecule has 3 heteroatoms. The highest BCUT2D eigenvalue weighted by molar-refractivity contribution is 6.61. The first-order chi connectivity index (χ1) is 4.75. The van der Waals surface area contributed by atoms with Gasteiger partial charge in [0.1, 0.15) is 6.10 Å². The van der Waals surface area contributed by atoms with Crippen LogP contribution in [0.15, 0.2) is 0 Å². The van der Waals surface area contributed by atoms with E-state index in [1.54, 1.807) is 0 Å². The molecule has 0 aliphatic heterocycles. The van der Waals surface area contributed by atoms with Crippen LogP contribution in [0.4, 0.5) is 4.79 Å². The molecule has 56 valence electrons. The predicted octanol–water partition coefficient (Wildman–Crippen LogP) is 2.16. The van der Waals surface area contributed by atoms with Crippen LogP contribution in [-0.4, -0.2) is 11.5 Å². The molecule has 2 aliphatic rings. The second kappa shape index (κ2) is 2.12. The molecular formula is C7H9ClO2. The van der Waals surface area contributed by atoms with Crippen molar-refractivity contribution in [2.24, 2.45) is 11.8 Å². The maximum Gasteiger partial charge on any atom is 0.404 e. The number of carbonyl (C=O) groups excluding carboxylic acids is 1. The van der Waals surface area contributed by atoms with Crippen molar-refractivity contribution in [2.45, 2.75) is 25.4 Å². The lowest BCUT2D eigenvalue weighted by molar-refractivity contribution is 0.117. The summed E-state index contributed by atoms with van der Waals surface area (Å²) in [5, 5.41) is 0. The van der Waals surface area contributed by atoms with E-state index in [0.717, 1.165) is 24.7 Å². The maximum atomic E-state index is 10.3. The zero-order valence-corrected chi connectivity index (χ0v) is 6.30. The quantitative estimate of drug-likeness (QED) is 0.550. The summed E-state index contributed by atoms with van der Waals surface area (Å²) in [6.45, 7) is 0. The van der Waals surface area contributed by atoms with Crippen LogP contribution >= 0.6 is 11.6 Å². The zero-order valence-electron chi connectivity index (χ0n) is 5.55. The van der Waals surface area contributed by atoms with Gasteiger partial charge in [-0.05, 0) is 31.1 Å². The lowest BCUT2D eigenvalue weighted by Crippen LogP contribution is -2.11. The van der Waals surface area contributed by atoms with Crippen LogP contribution in [0.1, 0.15) is 19.3 Å². The monoisotopic (exact) mass is 160 g/mol. The molecule has 2 fully saturated rings. The highest BCUT2D eigenvalue weighted by Gasteiger charge is 2.47. The molecule has 0 heterocycles. The Hall–Kier alpha value is -0.240. The smallest absolute Gasteiger partial charge is 0.404 e. The third-order valence-corrected chi connectivity index (χ3v) is 2.55. The summed E-state index contributed by atoms with van der Waals surface area (Å²) in [5.41, 5.74) is -0.647. The SMILES string of the molecule is O=C(Cl)OC1CC2CC2C1. The molecule has 2 rings (SSSR count). The van der Waals surface area contributed by atoms with Crippen molar-refractivity contribution in [1.29, 1.82) is 0 Å². The van der Waals surface area contributed by atoms with Crippen molar-refractivity contribution in [2.75, 3.05) is 0 Å². The van der Waals surface area contributed by atoms with Gasteiger partial charge in [-0.2, -0.15) is 0 Å². The number of hydrogen-bond acceptors (Lipinski definition) is 2. The lowest BCUT2D eigenvalue weighted by atomic mass is 10.2. The number of halogens is 1. The normalized spacial score (nSPS) is 42.7. The second-order valence-electron chi connectivity index (χ2n) is 3.20. The molecule has 2 atom stereocenters. The van der Waals surface area contributed by atoms with Gasteiger partial charge >= 0.3 is 5.43 Å². The number of hydrogen-bond donors (Lipinski definition) is 0. The lowest BCUT2D eigenvalue weighted by Gasteiger charge is -2.09. The number of rotatable bonds is 1. The van der Waals surface area contributed by atoms with Gasteiger partial charge in [0.2, 0.25) is 0 Å². The summed E-state index contributed by atoms with van der Waals surface area (Å²) in [4.78, 5) is 10.3. The van der Waals surface area contributed by atoms with E-state index in [-0.39, 0.29) is 6.10 Å².